The van der Waals surface area contributed by atoms with E-state index >= 15 is 0 Å². The summed E-state index contributed by atoms with van der Waals surface area (Å²) in [4.78, 5) is 44.6. The molecule has 0 spiro atoms. The minimum absolute atomic E-state index is 0.287. The number of non-ortho nitro benzene ring substituents is 1. The van der Waals surface area contributed by atoms with E-state index in [2.05, 4.69) is 10.6 Å². The van der Waals surface area contributed by atoms with Crippen LogP contribution in [0, 0.1) is 20.2 Å². The van der Waals surface area contributed by atoms with Crippen LogP contribution in [0.15, 0.2) is 42.5 Å². The van der Waals surface area contributed by atoms with Crippen molar-refractivity contribution in [3.8, 4) is 0 Å². The van der Waals surface area contributed by atoms with Gasteiger partial charge in [0, 0.05) is 37.6 Å². The topological polar surface area (TPSA) is 154 Å². The highest BCUT2D eigenvalue weighted by molar-refractivity contribution is 6.07. The molecule has 0 unspecified atom stereocenters. The molecule has 0 aromatic heterocycles. The molecule has 0 aliphatic heterocycles. The van der Waals surface area contributed by atoms with E-state index in [4.69, 9.17) is 4.74 Å². The molecule has 2 amide bonds. The lowest BCUT2D eigenvalue weighted by molar-refractivity contribution is -0.394. The highest BCUT2D eigenvalue weighted by Crippen LogP contribution is 2.25. The van der Waals surface area contributed by atoms with Crippen LogP contribution in [0.5, 0.6) is 0 Å². The van der Waals surface area contributed by atoms with Gasteiger partial charge in [-0.25, -0.2) is 0 Å². The molecule has 0 radical (unpaired) electrons. The average molecular weight is 402 g/mol. The maximum atomic E-state index is 12.4. The zero-order valence-corrected chi connectivity index (χ0v) is 15.4. The molecule has 0 aliphatic rings. The number of nitrogens with one attached hydrogen (secondary N) is 2. The molecular formula is C18H18N4O7. The van der Waals surface area contributed by atoms with Crippen LogP contribution in [0.1, 0.15) is 27.1 Å². The summed E-state index contributed by atoms with van der Waals surface area (Å²) < 4.78 is 4.89. The molecule has 2 N–H and O–H groups in total. The Morgan fingerprint density at radius 2 is 1.69 bits per heavy atom. The highest BCUT2D eigenvalue weighted by Gasteiger charge is 2.24. The second-order valence-electron chi connectivity index (χ2n) is 5.85. The lowest BCUT2D eigenvalue weighted by Crippen LogP contribution is -2.25. The van der Waals surface area contributed by atoms with E-state index in [0.717, 1.165) is 18.2 Å². The van der Waals surface area contributed by atoms with Crippen molar-refractivity contribution in [2.24, 2.45) is 0 Å². The number of hydrogen-bond donors (Lipinski definition) is 2. The molecule has 152 valence electrons. The predicted molar refractivity (Wildman–Crippen MR) is 103 cm³/mol. The van der Waals surface area contributed by atoms with Crippen molar-refractivity contribution in [1.29, 1.82) is 0 Å². The molecule has 11 heteroatoms. The molecule has 0 saturated heterocycles. The Morgan fingerprint density at radius 1 is 1.00 bits per heavy atom. The third-order valence-electron chi connectivity index (χ3n) is 3.85. The summed E-state index contributed by atoms with van der Waals surface area (Å²) in [5.74, 6) is -1.09. The van der Waals surface area contributed by atoms with Crippen molar-refractivity contribution >= 4 is 28.9 Å². The number of amides is 2. The van der Waals surface area contributed by atoms with Gasteiger partial charge in [-0.2, -0.15) is 0 Å². The second kappa shape index (κ2) is 9.90. The van der Waals surface area contributed by atoms with Crippen molar-refractivity contribution in [2.75, 3.05) is 25.6 Å². The molecule has 0 bridgehead atoms. The Labute approximate surface area is 165 Å². The molecular weight excluding hydrogens is 384 g/mol. The third-order valence-corrected chi connectivity index (χ3v) is 3.85. The molecule has 0 aliphatic carbocycles. The molecule has 0 saturated carbocycles. The number of hydrogen-bond acceptors (Lipinski definition) is 7. The van der Waals surface area contributed by atoms with E-state index in [1.54, 1.807) is 7.11 Å². The number of benzene rings is 2. The summed E-state index contributed by atoms with van der Waals surface area (Å²) in [5, 5.41) is 27.1. The number of rotatable bonds is 9. The summed E-state index contributed by atoms with van der Waals surface area (Å²) in [6, 6.07) is 8.69. The van der Waals surface area contributed by atoms with E-state index in [1.807, 2.05) is 0 Å². The first-order valence-corrected chi connectivity index (χ1v) is 8.45. The first-order chi connectivity index (χ1) is 13.8. The summed E-state index contributed by atoms with van der Waals surface area (Å²) >= 11 is 0. The SMILES string of the molecule is COCCCNC(=O)c1ccc(NC(=O)c2ccc([N+](=O)[O-])cc2[N+](=O)[O-])cc1. The molecule has 0 heterocycles. The van der Waals surface area contributed by atoms with Crippen LogP contribution in [0.4, 0.5) is 17.1 Å². The summed E-state index contributed by atoms with van der Waals surface area (Å²) in [7, 11) is 1.57. The molecule has 29 heavy (non-hydrogen) atoms. The Balaban J connectivity index is 2.08. The molecule has 2 aromatic carbocycles. The fraction of sp³-hybridized carbons (Fsp3) is 0.222. The summed E-state index contributed by atoms with van der Waals surface area (Å²) in [5.41, 5.74) is -0.807. The van der Waals surface area contributed by atoms with Gasteiger partial charge >= 0.3 is 0 Å². The monoisotopic (exact) mass is 402 g/mol. The number of carbonyl (C=O) groups is 2. The van der Waals surface area contributed by atoms with Gasteiger partial charge in [0.1, 0.15) is 5.56 Å². The molecule has 0 fully saturated rings. The number of nitro benzene ring substituents is 2. The Bertz CT molecular complexity index is 928. The molecule has 2 aromatic rings. The van der Waals surface area contributed by atoms with Crippen LogP contribution in [0.2, 0.25) is 0 Å². The second-order valence-corrected chi connectivity index (χ2v) is 5.85. The standard InChI is InChI=1S/C18H18N4O7/c1-29-10-2-9-19-17(23)12-3-5-13(6-4-12)20-18(24)15-8-7-14(21(25)26)11-16(15)22(27)28/h3-8,11H,2,9-10H2,1H3,(H,19,23)(H,20,24). The summed E-state index contributed by atoms with van der Waals surface area (Å²) in [6.45, 7) is 0.981. The van der Waals surface area contributed by atoms with Gasteiger partial charge in [-0.3, -0.25) is 29.8 Å². The number of methoxy groups -OCH3 is 1. The summed E-state index contributed by atoms with van der Waals surface area (Å²) in [6.07, 6.45) is 0.671. The van der Waals surface area contributed by atoms with Crippen molar-refractivity contribution < 1.29 is 24.2 Å². The minimum atomic E-state index is -0.862. The Hall–Kier alpha value is -3.86. The number of nitro groups is 2. The number of nitrogens with zero attached hydrogens (tertiary/aromatic N) is 2. The third kappa shape index (κ3) is 5.81. The van der Waals surface area contributed by atoms with Crippen LogP contribution < -0.4 is 10.6 Å². The number of carbonyl (C=O) groups excluding carboxylic acids is 2. The van der Waals surface area contributed by atoms with Gasteiger partial charge in [-0.1, -0.05) is 0 Å². The van der Waals surface area contributed by atoms with Gasteiger partial charge < -0.3 is 15.4 Å². The van der Waals surface area contributed by atoms with E-state index in [0.29, 0.717) is 30.8 Å². The average Bonchev–Trinajstić information content (AvgIpc) is 2.71. The van der Waals surface area contributed by atoms with Crippen molar-refractivity contribution in [1.82, 2.24) is 5.32 Å². The van der Waals surface area contributed by atoms with Gasteiger partial charge in [0.25, 0.3) is 23.2 Å². The lowest BCUT2D eigenvalue weighted by Gasteiger charge is -2.08. The zero-order chi connectivity index (χ0) is 21.4. The van der Waals surface area contributed by atoms with E-state index < -0.39 is 27.1 Å². The highest BCUT2D eigenvalue weighted by atomic mass is 16.6. The first-order valence-electron chi connectivity index (χ1n) is 8.45. The van der Waals surface area contributed by atoms with E-state index in [-0.39, 0.29) is 11.5 Å². The lowest BCUT2D eigenvalue weighted by atomic mass is 10.1. The van der Waals surface area contributed by atoms with Gasteiger partial charge in [0.05, 0.1) is 15.9 Å². The zero-order valence-electron chi connectivity index (χ0n) is 15.4. The minimum Gasteiger partial charge on any atom is -0.385 e. The van der Waals surface area contributed by atoms with Crippen LogP contribution in [-0.2, 0) is 4.74 Å². The largest absolute Gasteiger partial charge is 0.385 e. The number of ether oxygens (including phenoxy) is 1. The van der Waals surface area contributed by atoms with Crippen LogP contribution >= 0.6 is 0 Å². The fourth-order valence-corrected chi connectivity index (χ4v) is 2.40. The van der Waals surface area contributed by atoms with Crippen molar-refractivity contribution in [2.45, 2.75) is 6.42 Å². The maximum absolute atomic E-state index is 12.4. The van der Waals surface area contributed by atoms with Crippen LogP contribution in [-0.4, -0.2) is 41.9 Å². The van der Waals surface area contributed by atoms with Crippen LogP contribution in [0.3, 0.4) is 0 Å². The molecule has 2 rings (SSSR count). The quantitative estimate of drug-likeness (QED) is 0.371. The molecule has 0 atom stereocenters. The van der Waals surface area contributed by atoms with E-state index in [1.165, 1.54) is 24.3 Å². The van der Waals surface area contributed by atoms with Crippen LogP contribution in [0.25, 0.3) is 0 Å². The van der Waals surface area contributed by atoms with Crippen molar-refractivity contribution in [3.05, 3.63) is 73.8 Å². The normalized spacial score (nSPS) is 10.2. The smallest absolute Gasteiger partial charge is 0.289 e. The van der Waals surface area contributed by atoms with E-state index in [9.17, 15) is 29.8 Å². The predicted octanol–water partition coefficient (Wildman–Crippen LogP) is 2.52. The number of anilines is 1. The van der Waals surface area contributed by atoms with Crippen molar-refractivity contribution in [3.63, 3.8) is 0 Å². The van der Waals surface area contributed by atoms with Gasteiger partial charge in [-0.05, 0) is 36.8 Å². The fourth-order valence-electron chi connectivity index (χ4n) is 2.40. The maximum Gasteiger partial charge on any atom is 0.289 e. The van der Waals surface area contributed by atoms with Gasteiger partial charge in [0.2, 0.25) is 0 Å². The van der Waals surface area contributed by atoms with Gasteiger partial charge in [-0.15, -0.1) is 0 Å². The first kappa shape index (κ1) is 21.4. The molecule has 11 nitrogen and oxygen atoms in total. The van der Waals surface area contributed by atoms with Gasteiger partial charge in [0.15, 0.2) is 0 Å². The Kier molecular flexibility index (Phi) is 7.32. The Morgan fingerprint density at radius 3 is 2.28 bits per heavy atom.